The molecule has 0 saturated carbocycles. The molecular weight excluding hydrogens is 172 g/mol. The van der Waals surface area contributed by atoms with Crippen LogP contribution in [-0.4, -0.2) is 23.6 Å². The average molecular weight is 182 g/mol. The van der Waals surface area contributed by atoms with Crippen molar-refractivity contribution in [2.24, 2.45) is 0 Å². The third-order valence-corrected chi connectivity index (χ3v) is 1.27. The van der Waals surface area contributed by atoms with Crippen LogP contribution in [0.2, 0.25) is 0 Å². The zero-order valence-corrected chi connectivity index (χ0v) is 6.97. The van der Waals surface area contributed by atoms with Crippen LogP contribution in [0.5, 0.6) is 0 Å². The zero-order valence-electron chi connectivity index (χ0n) is 6.97. The van der Waals surface area contributed by atoms with Gasteiger partial charge in [-0.2, -0.15) is 0 Å². The lowest BCUT2D eigenvalue weighted by Gasteiger charge is -1.94. The highest BCUT2D eigenvalue weighted by Crippen LogP contribution is 2.04. The monoisotopic (exact) mass is 182 g/mol. The van der Waals surface area contributed by atoms with E-state index in [0.717, 1.165) is 6.08 Å². The quantitative estimate of drug-likeness (QED) is 0.373. The maximum atomic E-state index is 10.1. The second-order valence-electron chi connectivity index (χ2n) is 2.25. The second kappa shape index (κ2) is 6.97. The number of hydrogen-bond acceptors (Lipinski definition) is 3. The molecule has 0 unspecified atom stereocenters. The van der Waals surface area contributed by atoms with Crippen molar-refractivity contribution in [2.75, 3.05) is 0 Å². The van der Waals surface area contributed by atoms with Crippen LogP contribution in [0.25, 0.3) is 0 Å². The molecule has 0 spiro atoms. The third-order valence-electron chi connectivity index (χ3n) is 1.27. The van der Waals surface area contributed by atoms with E-state index in [-0.39, 0.29) is 6.42 Å². The van der Waals surface area contributed by atoms with Crippen molar-refractivity contribution < 1.29 is 19.5 Å². The molecule has 0 aliphatic heterocycles. The van der Waals surface area contributed by atoms with Crippen LogP contribution in [0, 0.1) is 0 Å². The van der Waals surface area contributed by atoms with Crippen LogP contribution in [-0.2, 0) is 14.4 Å². The number of carboxylic acid groups (broad SMARTS) is 1. The van der Waals surface area contributed by atoms with Crippen LogP contribution in [0.3, 0.4) is 0 Å². The summed E-state index contributed by atoms with van der Waals surface area (Å²) >= 11 is 0. The molecule has 70 valence electrons. The van der Waals surface area contributed by atoms with Gasteiger partial charge in [-0.1, -0.05) is 6.08 Å². The summed E-state index contributed by atoms with van der Waals surface area (Å²) in [7, 11) is 0. The van der Waals surface area contributed by atoms with Gasteiger partial charge >= 0.3 is 5.97 Å². The lowest BCUT2D eigenvalue weighted by atomic mass is 10.1. The first-order valence-electron chi connectivity index (χ1n) is 3.69. The van der Waals surface area contributed by atoms with Crippen molar-refractivity contribution in [1.29, 1.82) is 0 Å². The predicted octanol–water partition coefficient (Wildman–Crippen LogP) is 0.732. The topological polar surface area (TPSA) is 71.4 Å². The van der Waals surface area contributed by atoms with Crippen LogP contribution in [0.15, 0.2) is 23.8 Å². The van der Waals surface area contributed by atoms with Gasteiger partial charge in [0.05, 0.1) is 0 Å². The van der Waals surface area contributed by atoms with Gasteiger partial charge in [-0.15, -0.1) is 0 Å². The Kier molecular flexibility index (Phi) is 6.05. The molecule has 13 heavy (non-hydrogen) atoms. The minimum Gasteiger partial charge on any atom is -0.478 e. The van der Waals surface area contributed by atoms with Crippen molar-refractivity contribution in [3.63, 3.8) is 0 Å². The number of hydrogen-bond donors (Lipinski definition) is 1. The molecule has 0 fully saturated rings. The summed E-state index contributed by atoms with van der Waals surface area (Å²) in [5, 5.41) is 8.28. The number of aliphatic carboxylic acids is 1. The molecule has 0 rings (SSSR count). The van der Waals surface area contributed by atoms with E-state index in [0.29, 0.717) is 24.6 Å². The zero-order chi connectivity index (χ0) is 10.1. The van der Waals surface area contributed by atoms with Crippen molar-refractivity contribution in [2.45, 2.75) is 12.8 Å². The van der Waals surface area contributed by atoms with E-state index >= 15 is 0 Å². The fraction of sp³-hybridized carbons (Fsp3) is 0.222. The molecule has 0 aromatic rings. The van der Waals surface area contributed by atoms with Gasteiger partial charge < -0.3 is 9.90 Å². The molecule has 0 bridgehead atoms. The Hall–Kier alpha value is -1.71. The van der Waals surface area contributed by atoms with Crippen LogP contribution < -0.4 is 0 Å². The van der Waals surface area contributed by atoms with Gasteiger partial charge in [-0.3, -0.25) is 4.79 Å². The molecule has 0 aromatic carbocycles. The molecule has 0 aliphatic rings. The fourth-order valence-corrected chi connectivity index (χ4v) is 0.714. The van der Waals surface area contributed by atoms with Crippen molar-refractivity contribution in [3.05, 3.63) is 23.8 Å². The Labute approximate surface area is 75.6 Å². The van der Waals surface area contributed by atoms with Gasteiger partial charge in [-0.25, -0.2) is 4.79 Å². The Morgan fingerprint density at radius 1 is 1.23 bits per heavy atom. The SMILES string of the molecule is O=C/C=C(/C=C/C(=O)O)CCC=O. The molecule has 1 N–H and O–H groups in total. The summed E-state index contributed by atoms with van der Waals surface area (Å²) in [5.74, 6) is -1.08. The number of carbonyl (C=O) groups is 3. The summed E-state index contributed by atoms with van der Waals surface area (Å²) in [6.45, 7) is 0. The highest BCUT2D eigenvalue weighted by Gasteiger charge is 1.93. The molecule has 0 heterocycles. The van der Waals surface area contributed by atoms with Gasteiger partial charge in [0.1, 0.15) is 12.6 Å². The van der Waals surface area contributed by atoms with E-state index in [9.17, 15) is 14.4 Å². The number of aldehydes is 2. The molecule has 0 aromatic heterocycles. The maximum Gasteiger partial charge on any atom is 0.328 e. The minimum absolute atomic E-state index is 0.281. The van der Waals surface area contributed by atoms with E-state index in [1.54, 1.807) is 0 Å². The highest BCUT2D eigenvalue weighted by atomic mass is 16.4. The van der Waals surface area contributed by atoms with E-state index in [1.807, 2.05) is 0 Å². The molecule has 0 saturated heterocycles. The fourth-order valence-electron chi connectivity index (χ4n) is 0.714. The van der Waals surface area contributed by atoms with Gasteiger partial charge in [0.15, 0.2) is 0 Å². The first kappa shape index (κ1) is 11.3. The van der Waals surface area contributed by atoms with Crippen molar-refractivity contribution in [1.82, 2.24) is 0 Å². The summed E-state index contributed by atoms with van der Waals surface area (Å²) in [6.07, 6.45) is 5.42. The van der Waals surface area contributed by atoms with Crippen molar-refractivity contribution in [3.8, 4) is 0 Å². The average Bonchev–Trinajstić information content (AvgIpc) is 2.09. The summed E-state index contributed by atoms with van der Waals surface area (Å²) in [5.41, 5.74) is 0.532. The van der Waals surface area contributed by atoms with E-state index in [1.165, 1.54) is 12.2 Å². The number of carbonyl (C=O) groups excluding carboxylic acids is 2. The van der Waals surface area contributed by atoms with Crippen LogP contribution in [0.4, 0.5) is 0 Å². The standard InChI is InChI=1S/C9H10O4/c10-6-1-2-8(5-7-11)3-4-9(12)13/h3-7H,1-2H2,(H,12,13)/b4-3+,8-5+. The third kappa shape index (κ3) is 6.68. The summed E-state index contributed by atoms with van der Waals surface area (Å²) < 4.78 is 0. The molecule has 4 heteroatoms. The maximum absolute atomic E-state index is 10.1. The van der Waals surface area contributed by atoms with E-state index in [2.05, 4.69) is 0 Å². The lowest BCUT2D eigenvalue weighted by Crippen LogP contribution is -1.88. The molecule has 0 amide bonds. The number of carboxylic acids is 1. The largest absolute Gasteiger partial charge is 0.478 e. The van der Waals surface area contributed by atoms with Gasteiger partial charge in [0.2, 0.25) is 0 Å². The first-order valence-corrected chi connectivity index (χ1v) is 3.69. The second-order valence-corrected chi connectivity index (χ2v) is 2.25. The summed E-state index contributed by atoms with van der Waals surface area (Å²) in [6, 6.07) is 0. The minimum atomic E-state index is -1.08. The van der Waals surface area contributed by atoms with Crippen LogP contribution in [0.1, 0.15) is 12.8 Å². The highest BCUT2D eigenvalue weighted by molar-refractivity contribution is 5.81. The lowest BCUT2D eigenvalue weighted by molar-refractivity contribution is -0.131. The van der Waals surface area contributed by atoms with E-state index in [4.69, 9.17) is 5.11 Å². The van der Waals surface area contributed by atoms with Crippen LogP contribution >= 0.6 is 0 Å². The number of rotatable bonds is 6. The Morgan fingerprint density at radius 2 is 1.92 bits per heavy atom. The van der Waals surface area contributed by atoms with Gasteiger partial charge in [0.25, 0.3) is 0 Å². The Balaban J connectivity index is 4.25. The molecule has 0 radical (unpaired) electrons. The molecule has 4 nitrogen and oxygen atoms in total. The molecule has 0 atom stereocenters. The molecule has 0 aliphatic carbocycles. The molecular formula is C9H10O4. The summed E-state index contributed by atoms with van der Waals surface area (Å²) in [4.78, 5) is 30.2. The van der Waals surface area contributed by atoms with Gasteiger partial charge in [0, 0.05) is 12.5 Å². The Bertz CT molecular complexity index is 250. The normalized spacial score (nSPS) is 11.5. The van der Waals surface area contributed by atoms with Gasteiger partial charge in [-0.05, 0) is 18.1 Å². The van der Waals surface area contributed by atoms with Crippen molar-refractivity contribution >= 4 is 18.5 Å². The van der Waals surface area contributed by atoms with E-state index < -0.39 is 5.97 Å². The smallest absolute Gasteiger partial charge is 0.328 e. The predicted molar refractivity (Wildman–Crippen MR) is 46.2 cm³/mol. The first-order chi connectivity index (χ1) is 6.20. The Morgan fingerprint density at radius 3 is 2.38 bits per heavy atom. The number of allylic oxidation sites excluding steroid dienone is 3.